The molecule has 1 nitrogen and oxygen atoms in total. The Morgan fingerprint density at radius 3 is 2.12 bits per heavy atom. The molecule has 1 atom stereocenters. The predicted molar refractivity (Wildman–Crippen MR) is 65.0 cm³/mol. The SMILES string of the molecule is CC(C)(C)Sc1ccccc1[C@H](N)C(F)(F)F. The molecule has 0 aliphatic carbocycles. The fraction of sp³-hybridized carbons (Fsp3) is 0.500. The molecule has 0 aromatic heterocycles. The van der Waals surface area contributed by atoms with Gasteiger partial charge in [0.25, 0.3) is 0 Å². The summed E-state index contributed by atoms with van der Waals surface area (Å²) in [5.41, 5.74) is 5.39. The van der Waals surface area contributed by atoms with E-state index in [0.717, 1.165) is 0 Å². The summed E-state index contributed by atoms with van der Waals surface area (Å²) in [7, 11) is 0. The minimum Gasteiger partial charge on any atom is -0.316 e. The van der Waals surface area contributed by atoms with Gasteiger partial charge >= 0.3 is 6.18 Å². The van der Waals surface area contributed by atoms with E-state index >= 15 is 0 Å². The Labute approximate surface area is 104 Å². The standard InChI is InChI=1S/C12H16F3NS/c1-11(2,3)17-9-7-5-4-6-8(9)10(16)12(13,14)15/h4-7,10H,16H2,1-3H3/t10-/m0/s1. The molecule has 1 aromatic rings. The van der Waals surface area contributed by atoms with Gasteiger partial charge in [0.1, 0.15) is 6.04 Å². The molecule has 2 N–H and O–H groups in total. The van der Waals surface area contributed by atoms with Gasteiger partial charge in [-0.15, -0.1) is 11.8 Å². The number of halogens is 3. The predicted octanol–water partition coefficient (Wildman–Crippen LogP) is 4.14. The van der Waals surface area contributed by atoms with Gasteiger partial charge in [-0.25, -0.2) is 0 Å². The molecule has 17 heavy (non-hydrogen) atoms. The van der Waals surface area contributed by atoms with Gasteiger partial charge in [0.05, 0.1) is 0 Å². The van der Waals surface area contributed by atoms with E-state index in [9.17, 15) is 13.2 Å². The van der Waals surface area contributed by atoms with Gasteiger partial charge < -0.3 is 5.73 Å². The first kappa shape index (κ1) is 14.4. The second kappa shape index (κ2) is 4.90. The van der Waals surface area contributed by atoms with Crippen molar-refractivity contribution >= 4 is 11.8 Å². The first-order chi connectivity index (χ1) is 7.61. The lowest BCUT2D eigenvalue weighted by Gasteiger charge is -2.23. The van der Waals surface area contributed by atoms with E-state index in [1.54, 1.807) is 18.2 Å². The van der Waals surface area contributed by atoms with Crippen molar-refractivity contribution in [1.29, 1.82) is 0 Å². The van der Waals surface area contributed by atoms with Gasteiger partial charge in [-0.05, 0) is 11.6 Å². The van der Waals surface area contributed by atoms with Crippen LogP contribution in [0.4, 0.5) is 13.2 Å². The van der Waals surface area contributed by atoms with Crippen molar-refractivity contribution in [2.24, 2.45) is 5.73 Å². The zero-order valence-corrected chi connectivity index (χ0v) is 10.8. The molecule has 1 aromatic carbocycles. The number of hydrogen-bond acceptors (Lipinski definition) is 2. The van der Waals surface area contributed by atoms with Crippen LogP contribution in [0.3, 0.4) is 0 Å². The number of hydrogen-bond donors (Lipinski definition) is 1. The summed E-state index contributed by atoms with van der Waals surface area (Å²) < 4.78 is 37.7. The maximum Gasteiger partial charge on any atom is 0.407 e. The second-order valence-electron chi connectivity index (χ2n) is 4.77. The van der Waals surface area contributed by atoms with Crippen molar-refractivity contribution in [3.63, 3.8) is 0 Å². The topological polar surface area (TPSA) is 26.0 Å². The quantitative estimate of drug-likeness (QED) is 0.811. The highest BCUT2D eigenvalue weighted by molar-refractivity contribution is 8.00. The molecular formula is C12H16F3NS. The molecule has 0 spiro atoms. The highest BCUT2D eigenvalue weighted by Gasteiger charge is 2.39. The Hall–Kier alpha value is -0.680. The number of alkyl halides is 3. The molecule has 0 saturated heterocycles. The van der Waals surface area contributed by atoms with Crippen LogP contribution >= 0.6 is 11.8 Å². The molecule has 96 valence electrons. The van der Waals surface area contributed by atoms with Crippen LogP contribution in [0.25, 0.3) is 0 Å². The number of benzene rings is 1. The molecule has 0 amide bonds. The van der Waals surface area contributed by atoms with E-state index in [0.29, 0.717) is 4.90 Å². The highest BCUT2D eigenvalue weighted by atomic mass is 32.2. The van der Waals surface area contributed by atoms with Gasteiger partial charge in [0.2, 0.25) is 0 Å². The van der Waals surface area contributed by atoms with Gasteiger partial charge in [-0.1, -0.05) is 39.0 Å². The zero-order valence-electron chi connectivity index (χ0n) is 10.0. The van der Waals surface area contributed by atoms with Crippen molar-refractivity contribution in [2.75, 3.05) is 0 Å². The molecule has 0 unspecified atom stereocenters. The third kappa shape index (κ3) is 4.24. The van der Waals surface area contributed by atoms with Crippen molar-refractivity contribution in [3.05, 3.63) is 29.8 Å². The molecule has 0 heterocycles. The van der Waals surface area contributed by atoms with Crippen LogP contribution in [0.15, 0.2) is 29.2 Å². The fourth-order valence-corrected chi connectivity index (χ4v) is 2.46. The molecular weight excluding hydrogens is 247 g/mol. The van der Waals surface area contributed by atoms with Crippen molar-refractivity contribution in [3.8, 4) is 0 Å². The monoisotopic (exact) mass is 263 g/mol. The summed E-state index contributed by atoms with van der Waals surface area (Å²) in [6.45, 7) is 5.86. The Morgan fingerprint density at radius 2 is 1.65 bits per heavy atom. The van der Waals surface area contributed by atoms with E-state index in [1.165, 1.54) is 17.8 Å². The summed E-state index contributed by atoms with van der Waals surface area (Å²) in [5.74, 6) is 0. The Morgan fingerprint density at radius 1 is 1.12 bits per heavy atom. The first-order valence-corrected chi connectivity index (χ1v) is 6.03. The largest absolute Gasteiger partial charge is 0.407 e. The van der Waals surface area contributed by atoms with E-state index < -0.39 is 12.2 Å². The lowest BCUT2D eigenvalue weighted by Crippen LogP contribution is -2.29. The lowest BCUT2D eigenvalue weighted by atomic mass is 10.1. The third-order valence-electron chi connectivity index (χ3n) is 2.02. The Kier molecular flexibility index (Phi) is 4.15. The number of nitrogens with two attached hydrogens (primary N) is 1. The summed E-state index contributed by atoms with van der Waals surface area (Å²) in [4.78, 5) is 0.588. The summed E-state index contributed by atoms with van der Waals surface area (Å²) in [6, 6.07) is 4.49. The van der Waals surface area contributed by atoms with E-state index in [2.05, 4.69) is 0 Å². The average Bonchev–Trinajstić information content (AvgIpc) is 2.13. The summed E-state index contributed by atoms with van der Waals surface area (Å²) in [6.07, 6.45) is -4.41. The average molecular weight is 263 g/mol. The third-order valence-corrected chi connectivity index (χ3v) is 3.23. The van der Waals surface area contributed by atoms with Crippen molar-refractivity contribution in [2.45, 2.75) is 42.6 Å². The Bertz CT molecular complexity index is 382. The minimum absolute atomic E-state index is 0.139. The molecule has 0 saturated carbocycles. The summed E-state index contributed by atoms with van der Waals surface area (Å²) >= 11 is 1.39. The van der Waals surface area contributed by atoms with Gasteiger partial charge in [0.15, 0.2) is 0 Å². The number of thioether (sulfide) groups is 1. The summed E-state index contributed by atoms with van der Waals surface area (Å²) in [5, 5.41) is 0. The Balaban J connectivity index is 3.08. The fourth-order valence-electron chi connectivity index (χ4n) is 1.34. The lowest BCUT2D eigenvalue weighted by molar-refractivity contribution is -0.149. The molecule has 0 fully saturated rings. The second-order valence-corrected chi connectivity index (χ2v) is 6.64. The van der Waals surface area contributed by atoms with Crippen LogP contribution in [0, 0.1) is 0 Å². The van der Waals surface area contributed by atoms with Crippen LogP contribution in [-0.4, -0.2) is 10.9 Å². The minimum atomic E-state index is -4.41. The molecule has 0 aliphatic rings. The van der Waals surface area contributed by atoms with Gasteiger partial charge in [0, 0.05) is 9.64 Å². The maximum absolute atomic E-state index is 12.6. The number of rotatable bonds is 2. The van der Waals surface area contributed by atoms with Gasteiger partial charge in [-0.3, -0.25) is 0 Å². The molecule has 0 bridgehead atoms. The maximum atomic E-state index is 12.6. The van der Waals surface area contributed by atoms with E-state index in [1.807, 2.05) is 20.8 Å². The zero-order chi connectivity index (χ0) is 13.3. The van der Waals surface area contributed by atoms with Crippen LogP contribution in [0.1, 0.15) is 32.4 Å². The molecule has 0 radical (unpaired) electrons. The smallest absolute Gasteiger partial charge is 0.316 e. The molecule has 5 heteroatoms. The van der Waals surface area contributed by atoms with E-state index in [4.69, 9.17) is 5.73 Å². The van der Waals surface area contributed by atoms with Crippen LogP contribution in [0.2, 0.25) is 0 Å². The van der Waals surface area contributed by atoms with Crippen molar-refractivity contribution in [1.82, 2.24) is 0 Å². The van der Waals surface area contributed by atoms with E-state index in [-0.39, 0.29) is 10.3 Å². The van der Waals surface area contributed by atoms with Crippen LogP contribution in [-0.2, 0) is 0 Å². The molecule has 0 aliphatic heterocycles. The van der Waals surface area contributed by atoms with Crippen LogP contribution < -0.4 is 5.73 Å². The van der Waals surface area contributed by atoms with Gasteiger partial charge in [-0.2, -0.15) is 13.2 Å². The van der Waals surface area contributed by atoms with Crippen LogP contribution in [0.5, 0.6) is 0 Å². The first-order valence-electron chi connectivity index (χ1n) is 5.21. The normalized spacial score (nSPS) is 14.8. The molecule has 1 rings (SSSR count). The van der Waals surface area contributed by atoms with Crippen molar-refractivity contribution < 1.29 is 13.2 Å². The highest BCUT2D eigenvalue weighted by Crippen LogP contribution is 2.39.